The van der Waals surface area contributed by atoms with Crippen molar-refractivity contribution in [2.45, 2.75) is 42.4 Å². The molecule has 0 saturated heterocycles. The van der Waals surface area contributed by atoms with E-state index in [0.29, 0.717) is 5.25 Å². The molecule has 1 aliphatic heterocycles. The maximum atomic E-state index is 13.0. The third-order valence-corrected chi connectivity index (χ3v) is 3.81. The zero-order valence-electron chi connectivity index (χ0n) is 8.96. The summed E-state index contributed by atoms with van der Waals surface area (Å²) in [4.78, 5) is 1.16. The van der Waals surface area contributed by atoms with E-state index in [0.717, 1.165) is 23.3 Å². The van der Waals surface area contributed by atoms with Gasteiger partial charge in [0.1, 0.15) is 5.82 Å². The predicted octanol–water partition coefficient (Wildman–Crippen LogP) is 3.00. The Morgan fingerprint density at radius 3 is 2.93 bits per heavy atom. The van der Waals surface area contributed by atoms with Gasteiger partial charge in [0.15, 0.2) is 0 Å². The van der Waals surface area contributed by atoms with E-state index < -0.39 is 5.60 Å². The summed E-state index contributed by atoms with van der Waals surface area (Å²) in [5, 5.41) is 10.1. The van der Waals surface area contributed by atoms with Crippen LogP contribution in [0.1, 0.15) is 25.8 Å². The monoisotopic (exact) mass is 226 g/mol. The molecule has 0 amide bonds. The minimum Gasteiger partial charge on any atom is -0.390 e. The number of thioether (sulfide) groups is 1. The first-order chi connectivity index (χ1) is 6.94. The number of fused-ring (bicyclic) bond motifs is 1. The van der Waals surface area contributed by atoms with Crippen LogP contribution >= 0.6 is 11.8 Å². The van der Waals surface area contributed by atoms with E-state index in [1.165, 1.54) is 6.07 Å². The lowest BCUT2D eigenvalue weighted by atomic mass is 9.99. The summed E-state index contributed by atoms with van der Waals surface area (Å²) in [5.74, 6) is -0.168. The number of benzene rings is 1. The molecular weight excluding hydrogens is 211 g/mol. The third-order valence-electron chi connectivity index (χ3n) is 2.49. The summed E-state index contributed by atoms with van der Waals surface area (Å²) in [6.07, 6.45) is 1.61. The van der Waals surface area contributed by atoms with E-state index in [1.807, 2.05) is 19.9 Å². The molecule has 0 aliphatic carbocycles. The molecule has 0 spiro atoms. The summed E-state index contributed by atoms with van der Waals surface area (Å²) in [6.45, 7) is 3.63. The minimum atomic E-state index is -0.641. The molecule has 1 aromatic rings. The summed E-state index contributed by atoms with van der Waals surface area (Å²) in [6, 6.07) is 4.94. The molecule has 0 radical (unpaired) electrons. The molecule has 3 heteroatoms. The average molecular weight is 226 g/mol. The fraction of sp³-hybridized carbons (Fsp3) is 0.500. The first-order valence-corrected chi connectivity index (χ1v) is 5.99. The maximum absolute atomic E-state index is 13.0. The van der Waals surface area contributed by atoms with Gasteiger partial charge in [0.2, 0.25) is 0 Å². The lowest BCUT2D eigenvalue weighted by Crippen LogP contribution is -2.24. The molecule has 0 saturated carbocycles. The molecule has 1 unspecified atom stereocenters. The molecule has 1 N–H and O–H groups in total. The zero-order valence-corrected chi connectivity index (χ0v) is 9.77. The molecular formula is C12H15FOS. The largest absolute Gasteiger partial charge is 0.390 e. The van der Waals surface area contributed by atoms with Gasteiger partial charge in [-0.3, -0.25) is 0 Å². The van der Waals surface area contributed by atoms with Crippen molar-refractivity contribution in [3.8, 4) is 0 Å². The van der Waals surface area contributed by atoms with Crippen LogP contribution in [-0.2, 0) is 6.42 Å². The third kappa shape index (κ3) is 2.73. The van der Waals surface area contributed by atoms with E-state index in [1.54, 1.807) is 17.8 Å². The smallest absolute Gasteiger partial charge is 0.123 e. The van der Waals surface area contributed by atoms with Crippen molar-refractivity contribution in [2.75, 3.05) is 0 Å². The van der Waals surface area contributed by atoms with Crippen LogP contribution in [0.25, 0.3) is 0 Å². The quantitative estimate of drug-likeness (QED) is 0.836. The Morgan fingerprint density at radius 2 is 2.27 bits per heavy atom. The lowest BCUT2D eigenvalue weighted by Gasteiger charge is -2.20. The van der Waals surface area contributed by atoms with Gasteiger partial charge in [0.05, 0.1) is 5.60 Å². The Bertz CT molecular complexity index is 370. The lowest BCUT2D eigenvalue weighted by molar-refractivity contribution is 0.0709. The zero-order chi connectivity index (χ0) is 11.1. The second-order valence-electron chi connectivity index (χ2n) is 4.71. The number of hydrogen-bond acceptors (Lipinski definition) is 2. The molecule has 1 atom stereocenters. The van der Waals surface area contributed by atoms with Crippen LogP contribution in [0.15, 0.2) is 23.1 Å². The fourth-order valence-corrected chi connectivity index (χ4v) is 3.51. The fourth-order valence-electron chi connectivity index (χ4n) is 1.96. The van der Waals surface area contributed by atoms with Gasteiger partial charge in [-0.05, 0) is 50.5 Å². The highest BCUT2D eigenvalue weighted by Gasteiger charge is 2.27. The number of halogens is 1. The molecule has 2 rings (SSSR count). The second kappa shape index (κ2) is 3.80. The van der Waals surface area contributed by atoms with Crippen LogP contribution in [0.5, 0.6) is 0 Å². The van der Waals surface area contributed by atoms with Crippen LogP contribution in [-0.4, -0.2) is 16.0 Å². The Balaban J connectivity index is 2.09. The van der Waals surface area contributed by atoms with Crippen LogP contribution < -0.4 is 0 Å². The van der Waals surface area contributed by atoms with Gasteiger partial charge in [-0.2, -0.15) is 0 Å². The Morgan fingerprint density at radius 1 is 1.53 bits per heavy atom. The van der Waals surface area contributed by atoms with Gasteiger partial charge in [0.25, 0.3) is 0 Å². The van der Waals surface area contributed by atoms with Crippen LogP contribution in [0, 0.1) is 5.82 Å². The molecule has 1 heterocycles. The number of aliphatic hydroxyl groups is 1. The van der Waals surface area contributed by atoms with E-state index in [-0.39, 0.29) is 5.82 Å². The van der Waals surface area contributed by atoms with Crippen molar-refractivity contribution in [1.29, 1.82) is 0 Å². The van der Waals surface area contributed by atoms with Crippen LogP contribution in [0.3, 0.4) is 0 Å². The molecule has 1 aromatic carbocycles. The molecule has 1 aliphatic rings. The second-order valence-corrected chi connectivity index (χ2v) is 6.05. The van der Waals surface area contributed by atoms with Gasteiger partial charge in [0, 0.05) is 10.1 Å². The van der Waals surface area contributed by atoms with Gasteiger partial charge < -0.3 is 5.11 Å². The van der Waals surface area contributed by atoms with Crippen molar-refractivity contribution in [3.05, 3.63) is 29.6 Å². The summed E-state index contributed by atoms with van der Waals surface area (Å²) in [5.41, 5.74) is 0.437. The van der Waals surface area contributed by atoms with Crippen molar-refractivity contribution in [2.24, 2.45) is 0 Å². The maximum Gasteiger partial charge on any atom is 0.123 e. The molecule has 0 fully saturated rings. The topological polar surface area (TPSA) is 20.2 Å². The number of hydrogen-bond donors (Lipinski definition) is 1. The van der Waals surface area contributed by atoms with Crippen molar-refractivity contribution < 1.29 is 9.50 Å². The summed E-state index contributed by atoms with van der Waals surface area (Å²) in [7, 11) is 0. The molecule has 1 nitrogen and oxygen atoms in total. The van der Waals surface area contributed by atoms with E-state index >= 15 is 0 Å². The normalized spacial score (nSPS) is 20.4. The Kier molecular flexibility index (Phi) is 2.77. The highest BCUT2D eigenvalue weighted by Crippen LogP contribution is 2.40. The average Bonchev–Trinajstić information content (AvgIpc) is 2.42. The standard InChI is InChI=1S/C12H15FOS/c1-12(2,14)7-10-6-8-5-9(13)3-4-11(8)15-10/h3-5,10,14H,6-7H2,1-2H3. The van der Waals surface area contributed by atoms with E-state index in [9.17, 15) is 9.50 Å². The number of rotatable bonds is 2. The Hall–Kier alpha value is -0.540. The molecule has 15 heavy (non-hydrogen) atoms. The molecule has 0 bridgehead atoms. The summed E-state index contributed by atoms with van der Waals surface area (Å²) < 4.78 is 13.0. The minimum absolute atomic E-state index is 0.168. The first-order valence-electron chi connectivity index (χ1n) is 5.11. The van der Waals surface area contributed by atoms with Crippen LogP contribution in [0.2, 0.25) is 0 Å². The Labute approximate surface area is 93.7 Å². The highest BCUT2D eigenvalue weighted by molar-refractivity contribution is 8.00. The van der Waals surface area contributed by atoms with Crippen molar-refractivity contribution in [3.63, 3.8) is 0 Å². The van der Waals surface area contributed by atoms with Crippen LogP contribution in [0.4, 0.5) is 4.39 Å². The first kappa shape index (κ1) is 11.0. The van der Waals surface area contributed by atoms with Gasteiger partial charge in [-0.15, -0.1) is 11.8 Å². The van der Waals surface area contributed by atoms with Gasteiger partial charge in [-0.1, -0.05) is 0 Å². The van der Waals surface area contributed by atoms with Crippen molar-refractivity contribution >= 4 is 11.8 Å². The van der Waals surface area contributed by atoms with E-state index in [2.05, 4.69) is 0 Å². The highest BCUT2D eigenvalue weighted by atomic mass is 32.2. The summed E-state index contributed by atoms with van der Waals surface area (Å²) >= 11 is 1.75. The van der Waals surface area contributed by atoms with Gasteiger partial charge in [-0.25, -0.2) is 4.39 Å². The molecule has 0 aromatic heterocycles. The van der Waals surface area contributed by atoms with Crippen molar-refractivity contribution in [1.82, 2.24) is 0 Å². The van der Waals surface area contributed by atoms with E-state index in [4.69, 9.17) is 0 Å². The van der Waals surface area contributed by atoms with Gasteiger partial charge >= 0.3 is 0 Å². The predicted molar refractivity (Wildman–Crippen MR) is 60.7 cm³/mol. The SMILES string of the molecule is CC(C)(O)CC1Cc2cc(F)ccc2S1. The molecule has 82 valence electrons.